The lowest BCUT2D eigenvalue weighted by Crippen LogP contribution is -2.35. The van der Waals surface area contributed by atoms with E-state index >= 15 is 0 Å². The smallest absolute Gasteiger partial charge is 0.176 e. The molecular formula is C11H13NO2. The summed E-state index contributed by atoms with van der Waals surface area (Å²) in [6.45, 7) is 4.37. The van der Waals surface area contributed by atoms with Crippen LogP contribution in [0.5, 0.6) is 0 Å². The molecule has 0 spiro atoms. The average molecular weight is 191 g/mol. The molecule has 0 unspecified atom stereocenters. The van der Waals surface area contributed by atoms with Crippen molar-refractivity contribution in [2.24, 2.45) is 0 Å². The third-order valence-corrected chi connectivity index (χ3v) is 2.29. The van der Waals surface area contributed by atoms with Gasteiger partial charge in [-0.15, -0.1) is 6.42 Å². The van der Waals surface area contributed by atoms with Crippen molar-refractivity contribution < 1.29 is 9.15 Å². The molecule has 3 heteroatoms. The summed E-state index contributed by atoms with van der Waals surface area (Å²) >= 11 is 0. The first-order valence-corrected chi connectivity index (χ1v) is 4.74. The third kappa shape index (κ3) is 2.16. The van der Waals surface area contributed by atoms with Gasteiger partial charge in [-0.1, -0.05) is 0 Å². The van der Waals surface area contributed by atoms with Crippen LogP contribution >= 0.6 is 0 Å². The van der Waals surface area contributed by atoms with E-state index in [0.29, 0.717) is 5.76 Å². The highest BCUT2D eigenvalue weighted by atomic mass is 16.5. The number of terminal acetylenes is 1. The number of ether oxygens (including phenoxy) is 1. The van der Waals surface area contributed by atoms with E-state index in [2.05, 4.69) is 10.8 Å². The highest BCUT2D eigenvalue weighted by molar-refractivity contribution is 5.22. The van der Waals surface area contributed by atoms with Gasteiger partial charge in [0.25, 0.3) is 0 Å². The number of furan rings is 1. The van der Waals surface area contributed by atoms with Gasteiger partial charge in [0.2, 0.25) is 0 Å². The summed E-state index contributed by atoms with van der Waals surface area (Å²) in [6.07, 6.45) is 5.22. The Balaban J connectivity index is 1.93. The fourth-order valence-corrected chi connectivity index (χ4v) is 1.52. The number of morpholine rings is 1. The van der Waals surface area contributed by atoms with Crippen molar-refractivity contribution in [3.05, 3.63) is 23.7 Å². The lowest BCUT2D eigenvalue weighted by molar-refractivity contribution is 0.0313. The molecule has 2 heterocycles. The van der Waals surface area contributed by atoms with Gasteiger partial charge in [-0.2, -0.15) is 0 Å². The number of hydrogen-bond acceptors (Lipinski definition) is 3. The third-order valence-electron chi connectivity index (χ3n) is 2.29. The number of nitrogens with zero attached hydrogens (tertiary/aromatic N) is 1. The maximum atomic E-state index is 5.42. The largest absolute Gasteiger partial charge is 0.451 e. The van der Waals surface area contributed by atoms with Crippen molar-refractivity contribution in [3.8, 4) is 12.3 Å². The molecule has 1 fully saturated rings. The van der Waals surface area contributed by atoms with Crippen LogP contribution in [0.25, 0.3) is 0 Å². The molecule has 1 saturated heterocycles. The Morgan fingerprint density at radius 1 is 1.36 bits per heavy atom. The van der Waals surface area contributed by atoms with Crippen molar-refractivity contribution in [1.82, 2.24) is 4.90 Å². The van der Waals surface area contributed by atoms with Crippen LogP contribution in [0.1, 0.15) is 11.5 Å². The van der Waals surface area contributed by atoms with E-state index in [1.165, 1.54) is 0 Å². The van der Waals surface area contributed by atoms with E-state index < -0.39 is 0 Å². The van der Waals surface area contributed by atoms with Gasteiger partial charge in [-0.25, -0.2) is 0 Å². The predicted octanol–water partition coefficient (Wildman–Crippen LogP) is 1.09. The fraction of sp³-hybridized carbons (Fsp3) is 0.455. The molecular weight excluding hydrogens is 178 g/mol. The van der Waals surface area contributed by atoms with Gasteiger partial charge in [0, 0.05) is 13.1 Å². The molecule has 1 aromatic rings. The standard InChI is InChI=1S/C11H13NO2/c1-2-10-3-4-11(14-10)9-12-5-7-13-8-6-12/h1,3-4H,5-9H2. The lowest BCUT2D eigenvalue weighted by atomic mass is 10.3. The zero-order chi connectivity index (χ0) is 9.80. The summed E-state index contributed by atoms with van der Waals surface area (Å²) in [6, 6.07) is 3.76. The Labute approximate surface area is 83.6 Å². The van der Waals surface area contributed by atoms with Crippen LogP contribution in [0.4, 0.5) is 0 Å². The molecule has 0 radical (unpaired) electrons. The van der Waals surface area contributed by atoms with E-state index in [0.717, 1.165) is 38.6 Å². The first kappa shape index (κ1) is 9.32. The molecule has 14 heavy (non-hydrogen) atoms. The molecule has 0 atom stereocenters. The van der Waals surface area contributed by atoms with Gasteiger partial charge >= 0.3 is 0 Å². The zero-order valence-corrected chi connectivity index (χ0v) is 8.03. The molecule has 1 aromatic heterocycles. The number of hydrogen-bond donors (Lipinski definition) is 0. The molecule has 1 aliphatic rings. The van der Waals surface area contributed by atoms with Crippen molar-refractivity contribution in [2.45, 2.75) is 6.54 Å². The molecule has 0 amide bonds. The van der Waals surface area contributed by atoms with Crippen molar-refractivity contribution in [3.63, 3.8) is 0 Å². The Kier molecular flexibility index (Phi) is 2.87. The van der Waals surface area contributed by atoms with Gasteiger partial charge < -0.3 is 9.15 Å². The quantitative estimate of drug-likeness (QED) is 0.654. The van der Waals surface area contributed by atoms with E-state index in [-0.39, 0.29) is 0 Å². The Bertz CT molecular complexity index is 331. The van der Waals surface area contributed by atoms with Gasteiger partial charge in [-0.3, -0.25) is 4.90 Å². The van der Waals surface area contributed by atoms with Gasteiger partial charge in [-0.05, 0) is 18.1 Å². The normalized spacial score (nSPS) is 17.9. The van der Waals surface area contributed by atoms with Gasteiger partial charge in [0.15, 0.2) is 5.76 Å². The summed E-state index contributed by atoms with van der Waals surface area (Å²) in [4.78, 5) is 2.29. The topological polar surface area (TPSA) is 25.6 Å². The summed E-state index contributed by atoms with van der Waals surface area (Å²) in [7, 11) is 0. The maximum absolute atomic E-state index is 5.42. The second kappa shape index (κ2) is 4.32. The number of rotatable bonds is 2. The summed E-state index contributed by atoms with van der Waals surface area (Å²) < 4.78 is 10.7. The molecule has 0 aliphatic carbocycles. The van der Waals surface area contributed by atoms with Crippen LogP contribution in [-0.4, -0.2) is 31.2 Å². The summed E-state index contributed by atoms with van der Waals surface area (Å²) in [5.74, 6) is 4.01. The Morgan fingerprint density at radius 3 is 2.79 bits per heavy atom. The van der Waals surface area contributed by atoms with E-state index in [1.54, 1.807) is 0 Å². The Hall–Kier alpha value is -1.24. The van der Waals surface area contributed by atoms with Gasteiger partial charge in [0.05, 0.1) is 19.8 Å². The van der Waals surface area contributed by atoms with Gasteiger partial charge in [0.1, 0.15) is 5.76 Å². The first-order chi connectivity index (χ1) is 6.88. The molecule has 3 nitrogen and oxygen atoms in total. The molecule has 2 rings (SSSR count). The summed E-state index contributed by atoms with van der Waals surface area (Å²) in [5, 5.41) is 0. The molecule has 0 saturated carbocycles. The maximum Gasteiger partial charge on any atom is 0.176 e. The highest BCUT2D eigenvalue weighted by Crippen LogP contribution is 2.10. The van der Waals surface area contributed by atoms with E-state index in [1.807, 2.05) is 12.1 Å². The van der Waals surface area contributed by atoms with Crippen molar-refractivity contribution in [2.75, 3.05) is 26.3 Å². The molecule has 0 bridgehead atoms. The molecule has 0 aromatic carbocycles. The first-order valence-electron chi connectivity index (χ1n) is 4.74. The van der Waals surface area contributed by atoms with Crippen LogP contribution in [0.3, 0.4) is 0 Å². The SMILES string of the molecule is C#Cc1ccc(CN2CCOCC2)o1. The predicted molar refractivity (Wildman–Crippen MR) is 52.7 cm³/mol. The minimum atomic E-state index is 0.605. The van der Waals surface area contributed by atoms with E-state index in [9.17, 15) is 0 Å². The molecule has 0 N–H and O–H groups in total. The molecule has 1 aliphatic heterocycles. The van der Waals surface area contributed by atoms with Crippen LogP contribution in [0.2, 0.25) is 0 Å². The van der Waals surface area contributed by atoms with Crippen LogP contribution < -0.4 is 0 Å². The average Bonchev–Trinajstić information content (AvgIpc) is 2.67. The zero-order valence-electron chi connectivity index (χ0n) is 8.03. The minimum absolute atomic E-state index is 0.605. The molecule has 74 valence electrons. The van der Waals surface area contributed by atoms with Crippen LogP contribution in [0, 0.1) is 12.3 Å². The fourth-order valence-electron chi connectivity index (χ4n) is 1.52. The Morgan fingerprint density at radius 2 is 2.14 bits per heavy atom. The lowest BCUT2D eigenvalue weighted by Gasteiger charge is -2.25. The summed E-state index contributed by atoms with van der Waals surface area (Å²) in [5.41, 5.74) is 0. The minimum Gasteiger partial charge on any atom is -0.451 e. The van der Waals surface area contributed by atoms with E-state index in [4.69, 9.17) is 15.6 Å². The van der Waals surface area contributed by atoms with Crippen molar-refractivity contribution >= 4 is 0 Å². The second-order valence-electron chi connectivity index (χ2n) is 3.30. The van der Waals surface area contributed by atoms with Crippen molar-refractivity contribution in [1.29, 1.82) is 0 Å². The van der Waals surface area contributed by atoms with Crippen LogP contribution in [-0.2, 0) is 11.3 Å². The monoisotopic (exact) mass is 191 g/mol. The second-order valence-corrected chi connectivity index (χ2v) is 3.30. The van der Waals surface area contributed by atoms with Crippen LogP contribution in [0.15, 0.2) is 16.5 Å². The highest BCUT2D eigenvalue weighted by Gasteiger charge is 2.12.